The Balaban J connectivity index is 1.71. The van der Waals surface area contributed by atoms with Crippen molar-refractivity contribution in [1.82, 2.24) is 0 Å². The third kappa shape index (κ3) is 4.88. The van der Waals surface area contributed by atoms with E-state index in [-0.39, 0.29) is 0 Å². The van der Waals surface area contributed by atoms with Gasteiger partial charge in [0, 0.05) is 10.6 Å². The van der Waals surface area contributed by atoms with Crippen molar-refractivity contribution in [2.75, 3.05) is 4.72 Å². The Morgan fingerprint density at radius 3 is 2.48 bits per heavy atom. The molecular weight excluding hydrogens is 438 g/mol. The van der Waals surface area contributed by atoms with Crippen LogP contribution >= 0.6 is 39.0 Å². The normalized spacial score (nSPS) is 11.4. The summed E-state index contributed by atoms with van der Waals surface area (Å²) in [5.41, 5.74) is 2.68. The van der Waals surface area contributed by atoms with E-state index in [9.17, 15) is 8.42 Å². The minimum Gasteiger partial charge on any atom is -0.279 e. The minimum atomic E-state index is -3.55. The topological polar surface area (TPSA) is 46.2 Å². The van der Waals surface area contributed by atoms with E-state index < -0.39 is 10.0 Å². The zero-order valence-electron chi connectivity index (χ0n) is 13.4. The summed E-state index contributed by atoms with van der Waals surface area (Å²) in [4.78, 5) is 1.22. The molecule has 0 atom stereocenters. The molecule has 2 aromatic carbocycles. The SMILES string of the molecule is Cc1cc(CSc2ccccc2)ccc1NS(=O)(=O)c1ccc(Br)s1. The summed E-state index contributed by atoms with van der Waals surface area (Å²) in [7, 11) is -3.55. The smallest absolute Gasteiger partial charge is 0.271 e. The van der Waals surface area contributed by atoms with Gasteiger partial charge in [0.05, 0.1) is 9.47 Å². The molecule has 7 heteroatoms. The fourth-order valence-electron chi connectivity index (χ4n) is 2.25. The van der Waals surface area contributed by atoms with E-state index in [0.717, 1.165) is 20.7 Å². The lowest BCUT2D eigenvalue weighted by Crippen LogP contribution is -2.12. The van der Waals surface area contributed by atoms with E-state index in [2.05, 4.69) is 32.8 Å². The number of rotatable bonds is 6. The van der Waals surface area contributed by atoms with Crippen molar-refractivity contribution in [3.8, 4) is 0 Å². The first kappa shape index (κ1) is 18.5. The number of hydrogen-bond acceptors (Lipinski definition) is 4. The highest BCUT2D eigenvalue weighted by Gasteiger charge is 2.17. The van der Waals surface area contributed by atoms with Gasteiger partial charge in [-0.05, 0) is 64.3 Å². The predicted molar refractivity (Wildman–Crippen MR) is 110 cm³/mol. The van der Waals surface area contributed by atoms with Crippen molar-refractivity contribution in [1.29, 1.82) is 0 Å². The van der Waals surface area contributed by atoms with Crippen LogP contribution in [0.1, 0.15) is 11.1 Å². The van der Waals surface area contributed by atoms with Crippen molar-refractivity contribution in [2.24, 2.45) is 0 Å². The van der Waals surface area contributed by atoms with Crippen LogP contribution in [-0.2, 0) is 15.8 Å². The zero-order valence-corrected chi connectivity index (χ0v) is 17.4. The zero-order chi connectivity index (χ0) is 17.9. The molecule has 0 bridgehead atoms. The molecule has 0 aliphatic heterocycles. The molecule has 130 valence electrons. The molecule has 3 rings (SSSR count). The predicted octanol–water partition coefficient (Wildman–Crippen LogP) is 5.91. The second kappa shape index (κ2) is 7.95. The number of nitrogens with one attached hydrogen (secondary N) is 1. The summed E-state index contributed by atoms with van der Waals surface area (Å²) in [6.45, 7) is 1.92. The molecule has 0 unspecified atom stereocenters. The molecule has 0 fully saturated rings. The second-order valence-electron chi connectivity index (χ2n) is 5.42. The summed E-state index contributed by atoms with van der Waals surface area (Å²) >= 11 is 6.24. The molecular formula is C18H16BrNO2S3. The van der Waals surface area contributed by atoms with Crippen LogP contribution in [0.3, 0.4) is 0 Å². The van der Waals surface area contributed by atoms with Gasteiger partial charge in [-0.2, -0.15) is 0 Å². The van der Waals surface area contributed by atoms with Crippen molar-refractivity contribution in [2.45, 2.75) is 21.8 Å². The van der Waals surface area contributed by atoms with Gasteiger partial charge in [0.15, 0.2) is 0 Å². The number of thiophene rings is 1. The number of benzene rings is 2. The minimum absolute atomic E-state index is 0.294. The third-order valence-corrected chi connectivity index (χ3v) is 8.06. The fourth-order valence-corrected chi connectivity index (χ4v) is 6.25. The Hall–Kier alpha value is -1.28. The van der Waals surface area contributed by atoms with Gasteiger partial charge in [-0.15, -0.1) is 23.1 Å². The molecule has 3 nitrogen and oxygen atoms in total. The van der Waals surface area contributed by atoms with Crippen molar-refractivity contribution < 1.29 is 8.42 Å². The van der Waals surface area contributed by atoms with E-state index in [4.69, 9.17) is 0 Å². The number of anilines is 1. The maximum absolute atomic E-state index is 12.4. The largest absolute Gasteiger partial charge is 0.279 e. The van der Waals surface area contributed by atoms with Crippen LogP contribution in [0.4, 0.5) is 5.69 Å². The van der Waals surface area contributed by atoms with Gasteiger partial charge in [-0.25, -0.2) is 8.42 Å². The monoisotopic (exact) mass is 453 g/mol. The van der Waals surface area contributed by atoms with Crippen molar-refractivity contribution in [3.63, 3.8) is 0 Å². The summed E-state index contributed by atoms with van der Waals surface area (Å²) in [6, 6.07) is 19.4. The highest BCUT2D eigenvalue weighted by Crippen LogP contribution is 2.29. The first-order chi connectivity index (χ1) is 11.9. The molecule has 0 aliphatic carbocycles. The first-order valence-electron chi connectivity index (χ1n) is 7.49. The van der Waals surface area contributed by atoms with Gasteiger partial charge in [-0.1, -0.05) is 30.3 Å². The molecule has 0 saturated heterocycles. The van der Waals surface area contributed by atoms with E-state index in [1.54, 1.807) is 23.9 Å². The number of thioether (sulfide) groups is 1. The van der Waals surface area contributed by atoms with Gasteiger partial charge in [0.1, 0.15) is 4.21 Å². The molecule has 0 radical (unpaired) electrons. The molecule has 1 N–H and O–H groups in total. The molecule has 3 aromatic rings. The average molecular weight is 454 g/mol. The highest BCUT2D eigenvalue weighted by atomic mass is 79.9. The summed E-state index contributed by atoms with van der Waals surface area (Å²) in [5.74, 6) is 0.843. The Morgan fingerprint density at radius 2 is 1.84 bits per heavy atom. The Bertz CT molecular complexity index is 969. The summed E-state index contributed by atoms with van der Waals surface area (Å²) < 4.78 is 28.6. The molecule has 0 saturated carbocycles. The molecule has 1 aromatic heterocycles. The Morgan fingerprint density at radius 1 is 1.08 bits per heavy atom. The molecule has 0 aliphatic rings. The van der Waals surface area contributed by atoms with Crippen LogP contribution in [-0.4, -0.2) is 8.42 Å². The van der Waals surface area contributed by atoms with Crippen LogP contribution in [0.2, 0.25) is 0 Å². The third-order valence-electron chi connectivity index (χ3n) is 3.50. The number of aryl methyl sites for hydroxylation is 1. The van der Waals surface area contributed by atoms with Crippen LogP contribution in [0.15, 0.2) is 73.6 Å². The lowest BCUT2D eigenvalue weighted by Gasteiger charge is -2.11. The van der Waals surface area contributed by atoms with E-state index in [0.29, 0.717) is 9.90 Å². The lowest BCUT2D eigenvalue weighted by molar-refractivity contribution is 0.603. The van der Waals surface area contributed by atoms with Crippen LogP contribution in [0, 0.1) is 6.92 Å². The molecule has 1 heterocycles. The van der Waals surface area contributed by atoms with Gasteiger partial charge in [-0.3, -0.25) is 4.72 Å². The second-order valence-corrected chi connectivity index (χ2v) is 10.8. The number of halogens is 1. The van der Waals surface area contributed by atoms with Gasteiger partial charge in [0.25, 0.3) is 10.0 Å². The van der Waals surface area contributed by atoms with E-state index >= 15 is 0 Å². The van der Waals surface area contributed by atoms with Gasteiger partial charge >= 0.3 is 0 Å². The van der Waals surface area contributed by atoms with Crippen molar-refractivity contribution >= 4 is 54.7 Å². The van der Waals surface area contributed by atoms with E-state index in [1.165, 1.54) is 16.2 Å². The maximum atomic E-state index is 12.4. The maximum Gasteiger partial charge on any atom is 0.271 e. The lowest BCUT2D eigenvalue weighted by atomic mass is 10.1. The molecule has 0 amide bonds. The standard InChI is InChI=1S/C18H16BrNO2S3/c1-13-11-14(12-23-15-5-3-2-4-6-15)7-8-16(13)20-25(21,22)18-10-9-17(19)24-18/h2-11,20H,12H2,1H3. The molecule has 25 heavy (non-hydrogen) atoms. The number of hydrogen-bond donors (Lipinski definition) is 1. The fraction of sp³-hybridized carbons (Fsp3) is 0.111. The first-order valence-corrected chi connectivity index (χ1v) is 11.6. The van der Waals surface area contributed by atoms with Crippen LogP contribution in [0.5, 0.6) is 0 Å². The number of sulfonamides is 1. The average Bonchev–Trinajstić information content (AvgIpc) is 3.03. The van der Waals surface area contributed by atoms with Crippen LogP contribution in [0.25, 0.3) is 0 Å². The highest BCUT2D eigenvalue weighted by molar-refractivity contribution is 9.11. The Labute approximate surface area is 164 Å². The summed E-state index contributed by atoms with van der Waals surface area (Å²) in [6.07, 6.45) is 0. The molecule has 0 spiro atoms. The summed E-state index contributed by atoms with van der Waals surface area (Å²) in [5, 5.41) is 0. The Kier molecular flexibility index (Phi) is 5.89. The van der Waals surface area contributed by atoms with Crippen LogP contribution < -0.4 is 4.72 Å². The van der Waals surface area contributed by atoms with Gasteiger partial charge < -0.3 is 0 Å². The van der Waals surface area contributed by atoms with Gasteiger partial charge in [0.2, 0.25) is 0 Å². The quantitative estimate of drug-likeness (QED) is 0.471. The van der Waals surface area contributed by atoms with E-state index in [1.807, 2.05) is 43.3 Å². The van der Waals surface area contributed by atoms with Crippen molar-refractivity contribution in [3.05, 3.63) is 75.6 Å².